The zero-order chi connectivity index (χ0) is 33.5. The maximum Gasteiger partial charge on any atom is 0.307 e. The van der Waals surface area contributed by atoms with E-state index >= 15 is 0 Å². The van der Waals surface area contributed by atoms with Crippen LogP contribution in [0, 0.1) is 5.41 Å². The van der Waals surface area contributed by atoms with Gasteiger partial charge in [0.1, 0.15) is 11.7 Å². The topological polar surface area (TPSA) is 110 Å². The number of amidine groups is 1. The third-order valence-electron chi connectivity index (χ3n) is 7.56. The van der Waals surface area contributed by atoms with Crippen LogP contribution in [-0.2, 0) is 34.2 Å². The SMILES string of the molecule is C=C/C=C\C(=N)N(CCC(=O)OCC)C(=O)c1ccc2c(c1)nc(CCc1ccc(C(C)=NC(=C)OCCCCCC)cc1)n2C. The summed E-state index contributed by atoms with van der Waals surface area (Å²) in [5.41, 5.74) is 5.03. The molecule has 1 N–H and O–H groups in total. The molecule has 9 nitrogen and oxygen atoms in total. The third kappa shape index (κ3) is 10.4. The van der Waals surface area contributed by atoms with Gasteiger partial charge in [0.25, 0.3) is 5.91 Å². The van der Waals surface area contributed by atoms with E-state index in [-0.39, 0.29) is 25.4 Å². The Hall–Kier alpha value is -4.79. The van der Waals surface area contributed by atoms with Crippen molar-refractivity contribution in [1.29, 1.82) is 5.41 Å². The number of carbonyl (C=O) groups excluding carboxylic acids is 2. The van der Waals surface area contributed by atoms with Crippen LogP contribution in [0.5, 0.6) is 0 Å². The van der Waals surface area contributed by atoms with E-state index in [4.69, 9.17) is 19.9 Å². The second kappa shape index (κ2) is 18.2. The number of benzene rings is 2. The van der Waals surface area contributed by atoms with Crippen molar-refractivity contribution < 1.29 is 19.1 Å². The van der Waals surface area contributed by atoms with Crippen LogP contribution in [0.15, 0.2) is 84.7 Å². The van der Waals surface area contributed by atoms with Crippen LogP contribution in [0.25, 0.3) is 11.0 Å². The van der Waals surface area contributed by atoms with Gasteiger partial charge in [0.15, 0.2) is 0 Å². The normalized spacial score (nSPS) is 11.5. The summed E-state index contributed by atoms with van der Waals surface area (Å²) >= 11 is 0. The molecule has 0 bridgehead atoms. The Morgan fingerprint density at radius 1 is 1.04 bits per heavy atom. The molecular weight excluding hydrogens is 578 g/mol. The minimum Gasteiger partial charge on any atom is -0.478 e. The van der Waals surface area contributed by atoms with Crippen molar-refractivity contribution in [2.24, 2.45) is 12.0 Å². The number of allylic oxidation sites excluding steroid dienone is 2. The highest BCUT2D eigenvalue weighted by molar-refractivity contribution is 6.10. The van der Waals surface area contributed by atoms with Crippen molar-refractivity contribution in [3.8, 4) is 0 Å². The molecule has 0 spiro atoms. The van der Waals surface area contributed by atoms with Crippen molar-refractivity contribution in [2.45, 2.75) is 65.7 Å². The summed E-state index contributed by atoms with van der Waals surface area (Å²) in [6.07, 6.45) is 10.6. The number of amides is 1. The number of imidazole rings is 1. The van der Waals surface area contributed by atoms with E-state index in [1.54, 1.807) is 25.1 Å². The summed E-state index contributed by atoms with van der Waals surface area (Å²) in [6.45, 7) is 14.4. The molecule has 244 valence electrons. The molecule has 3 aromatic rings. The van der Waals surface area contributed by atoms with Gasteiger partial charge < -0.3 is 14.0 Å². The van der Waals surface area contributed by atoms with Gasteiger partial charge in [-0.3, -0.25) is 19.9 Å². The molecule has 0 unspecified atom stereocenters. The summed E-state index contributed by atoms with van der Waals surface area (Å²) in [4.78, 5) is 36.1. The second-order valence-electron chi connectivity index (χ2n) is 11.0. The largest absolute Gasteiger partial charge is 0.478 e. The Bertz CT molecular complexity index is 1580. The van der Waals surface area contributed by atoms with Crippen molar-refractivity contribution in [3.63, 3.8) is 0 Å². The lowest BCUT2D eigenvalue weighted by atomic mass is 10.0. The molecule has 2 aromatic carbocycles. The standard InChI is InChI=1S/C37H47N5O4/c1-7-10-12-13-25-46-28(5)39-27(4)30-18-15-29(16-19-30)17-22-35-40-32-26-31(20-21-33(32)41(35)6)37(44)42(34(38)14-11-8-2)24-23-36(43)45-9-3/h8,11,14-16,18-21,26,38H,2,5,7,9-10,12-13,17,22-25H2,1,3-4,6H3/b14-11-,38-34?,39-27?. The summed E-state index contributed by atoms with van der Waals surface area (Å²) in [6, 6.07) is 13.7. The van der Waals surface area contributed by atoms with E-state index in [1.807, 2.05) is 24.6 Å². The average molecular weight is 626 g/mol. The first-order chi connectivity index (χ1) is 22.2. The number of fused-ring (bicyclic) bond motifs is 1. The molecule has 0 aliphatic carbocycles. The predicted molar refractivity (Wildman–Crippen MR) is 185 cm³/mol. The van der Waals surface area contributed by atoms with Gasteiger partial charge in [0, 0.05) is 31.3 Å². The molecular formula is C37H47N5O4. The summed E-state index contributed by atoms with van der Waals surface area (Å²) < 4.78 is 12.7. The first kappa shape index (κ1) is 35.7. The molecule has 0 fully saturated rings. The van der Waals surface area contributed by atoms with Crippen LogP contribution in [-0.4, -0.2) is 57.6 Å². The number of hydrogen-bond acceptors (Lipinski definition) is 7. The monoisotopic (exact) mass is 625 g/mol. The maximum absolute atomic E-state index is 13.5. The molecule has 1 aromatic heterocycles. The number of carbonyl (C=O) groups is 2. The number of hydrogen-bond donors (Lipinski definition) is 1. The van der Waals surface area contributed by atoms with E-state index in [1.165, 1.54) is 35.5 Å². The van der Waals surface area contributed by atoms with Crippen molar-refractivity contribution in [3.05, 3.63) is 102 Å². The summed E-state index contributed by atoms with van der Waals surface area (Å²) in [5, 5.41) is 8.40. The molecule has 0 saturated carbocycles. The number of nitrogens with one attached hydrogen (secondary N) is 1. The van der Waals surface area contributed by atoms with E-state index in [2.05, 4.69) is 49.3 Å². The molecule has 0 aliphatic heterocycles. The number of aliphatic imine (C=N–C) groups is 1. The predicted octanol–water partition coefficient (Wildman–Crippen LogP) is 7.35. The van der Waals surface area contributed by atoms with Crippen LogP contribution < -0.4 is 0 Å². The Balaban J connectivity index is 1.67. The van der Waals surface area contributed by atoms with E-state index in [9.17, 15) is 9.59 Å². The highest BCUT2D eigenvalue weighted by Crippen LogP contribution is 2.20. The first-order valence-electron chi connectivity index (χ1n) is 15.9. The van der Waals surface area contributed by atoms with Crippen LogP contribution in [0.3, 0.4) is 0 Å². The number of unbranched alkanes of at least 4 members (excludes halogenated alkanes) is 3. The molecule has 0 atom stereocenters. The molecule has 3 rings (SSSR count). The maximum atomic E-state index is 13.5. The highest BCUT2D eigenvalue weighted by Gasteiger charge is 2.21. The summed E-state index contributed by atoms with van der Waals surface area (Å²) in [5.74, 6) is 0.483. The fraction of sp³-hybridized carbons (Fsp3) is 0.378. The number of nitrogens with zero attached hydrogens (tertiary/aromatic N) is 4. The van der Waals surface area contributed by atoms with Crippen LogP contribution in [0.2, 0.25) is 0 Å². The highest BCUT2D eigenvalue weighted by atomic mass is 16.5. The van der Waals surface area contributed by atoms with Gasteiger partial charge >= 0.3 is 5.97 Å². The number of rotatable bonds is 18. The molecule has 0 saturated heterocycles. The fourth-order valence-corrected chi connectivity index (χ4v) is 4.95. The van der Waals surface area contributed by atoms with Crippen LogP contribution in [0.1, 0.15) is 80.2 Å². The molecule has 0 aliphatic rings. The molecule has 0 radical (unpaired) electrons. The Morgan fingerprint density at radius 3 is 2.48 bits per heavy atom. The van der Waals surface area contributed by atoms with Gasteiger partial charge in [-0.2, -0.15) is 0 Å². The van der Waals surface area contributed by atoms with E-state index in [0.29, 0.717) is 30.0 Å². The quantitative estimate of drug-likeness (QED) is 0.0397. The van der Waals surface area contributed by atoms with Gasteiger partial charge in [0.2, 0.25) is 5.88 Å². The number of aromatic nitrogens is 2. The minimum atomic E-state index is -0.424. The average Bonchev–Trinajstić information content (AvgIpc) is 3.37. The van der Waals surface area contributed by atoms with Crippen molar-refractivity contribution >= 4 is 34.5 Å². The smallest absolute Gasteiger partial charge is 0.307 e. The Labute approximate surface area is 272 Å². The van der Waals surface area contributed by atoms with Crippen LogP contribution >= 0.6 is 0 Å². The van der Waals surface area contributed by atoms with Gasteiger partial charge in [-0.25, -0.2) is 9.98 Å². The van der Waals surface area contributed by atoms with Gasteiger partial charge in [-0.15, -0.1) is 0 Å². The zero-order valence-electron chi connectivity index (χ0n) is 27.7. The van der Waals surface area contributed by atoms with Gasteiger partial charge in [0.05, 0.1) is 30.7 Å². The summed E-state index contributed by atoms with van der Waals surface area (Å²) in [7, 11) is 1.97. The Morgan fingerprint density at radius 2 is 1.78 bits per heavy atom. The zero-order valence-corrected chi connectivity index (χ0v) is 27.7. The lowest BCUT2D eigenvalue weighted by Crippen LogP contribution is -2.37. The van der Waals surface area contributed by atoms with Crippen LogP contribution in [0.4, 0.5) is 0 Å². The number of esters is 1. The second-order valence-corrected chi connectivity index (χ2v) is 11.0. The minimum absolute atomic E-state index is 0.0177. The lowest BCUT2D eigenvalue weighted by Gasteiger charge is -2.21. The van der Waals surface area contributed by atoms with E-state index in [0.717, 1.165) is 41.9 Å². The van der Waals surface area contributed by atoms with Gasteiger partial charge in [-0.1, -0.05) is 69.2 Å². The van der Waals surface area contributed by atoms with Gasteiger partial charge in [-0.05, 0) is 68.7 Å². The van der Waals surface area contributed by atoms with Crippen molar-refractivity contribution in [2.75, 3.05) is 19.8 Å². The molecule has 46 heavy (non-hydrogen) atoms. The lowest BCUT2D eigenvalue weighted by molar-refractivity contribution is -0.143. The Kier molecular flexibility index (Phi) is 14.2. The molecule has 1 amide bonds. The first-order valence-corrected chi connectivity index (χ1v) is 15.9. The van der Waals surface area contributed by atoms with E-state index < -0.39 is 11.9 Å². The number of ether oxygens (including phenoxy) is 2. The third-order valence-corrected chi connectivity index (χ3v) is 7.56. The molecule has 9 heteroatoms. The fourth-order valence-electron chi connectivity index (χ4n) is 4.95. The van der Waals surface area contributed by atoms with Crippen molar-refractivity contribution in [1.82, 2.24) is 14.5 Å². The number of aryl methyl sites for hydroxylation is 3. The molecule has 1 heterocycles.